The Bertz CT molecular complexity index is 481. The molecule has 1 aliphatic rings. The lowest BCUT2D eigenvalue weighted by atomic mass is 10.2. The van der Waals surface area contributed by atoms with Crippen LogP contribution in [0, 0.1) is 0 Å². The Morgan fingerprint density at radius 1 is 1.56 bits per heavy atom. The summed E-state index contributed by atoms with van der Waals surface area (Å²) in [7, 11) is -2.83. The van der Waals surface area contributed by atoms with Crippen molar-refractivity contribution in [2.45, 2.75) is 44.5 Å². The smallest absolute Gasteiger partial charge is 0.154 e. The lowest BCUT2D eigenvalue weighted by Gasteiger charge is -2.11. The number of aryl methyl sites for hydroxylation is 1. The van der Waals surface area contributed by atoms with Gasteiger partial charge in [0.05, 0.1) is 16.7 Å². The summed E-state index contributed by atoms with van der Waals surface area (Å²) in [6.45, 7) is 4.27. The lowest BCUT2D eigenvalue weighted by Crippen LogP contribution is -2.30. The molecule has 18 heavy (non-hydrogen) atoms. The highest BCUT2D eigenvalue weighted by Gasteiger charge is 2.30. The molecule has 0 aromatic carbocycles. The van der Waals surface area contributed by atoms with Crippen molar-refractivity contribution in [2.75, 3.05) is 12.3 Å². The predicted octanol–water partition coefficient (Wildman–Crippen LogP) is 0.960. The number of aromatic nitrogens is 2. The van der Waals surface area contributed by atoms with Gasteiger partial charge in [-0.2, -0.15) is 5.10 Å². The standard InChI is InChI=1S/C12H21N3O2S/c1-2-7-15-11(5-6-14-15)9-13-10-12-4-3-8-18(12,16)17/h5-6,12-13H,2-4,7-10H2,1H3. The molecule has 1 N–H and O–H groups in total. The molecular weight excluding hydrogens is 250 g/mol. The minimum atomic E-state index is -2.83. The first-order chi connectivity index (χ1) is 8.63. The number of hydrogen-bond donors (Lipinski definition) is 1. The van der Waals surface area contributed by atoms with Gasteiger partial charge in [-0.3, -0.25) is 4.68 Å². The average molecular weight is 271 g/mol. The van der Waals surface area contributed by atoms with Gasteiger partial charge in [-0.15, -0.1) is 0 Å². The fourth-order valence-electron chi connectivity index (χ4n) is 2.37. The quantitative estimate of drug-likeness (QED) is 0.837. The number of hydrogen-bond acceptors (Lipinski definition) is 4. The molecule has 102 valence electrons. The van der Waals surface area contributed by atoms with E-state index in [1.165, 1.54) is 0 Å². The first kappa shape index (κ1) is 13.5. The molecule has 2 heterocycles. The second-order valence-electron chi connectivity index (χ2n) is 4.81. The zero-order chi connectivity index (χ0) is 13.0. The normalized spacial score (nSPS) is 22.4. The number of rotatable bonds is 6. The van der Waals surface area contributed by atoms with Crippen LogP contribution in [0.1, 0.15) is 31.9 Å². The summed E-state index contributed by atoms with van der Waals surface area (Å²) in [5.41, 5.74) is 1.12. The summed E-state index contributed by atoms with van der Waals surface area (Å²) in [4.78, 5) is 0. The van der Waals surface area contributed by atoms with Crippen LogP contribution in [0.25, 0.3) is 0 Å². The van der Waals surface area contributed by atoms with Crippen molar-refractivity contribution in [2.24, 2.45) is 0 Å². The maximum Gasteiger partial charge on any atom is 0.154 e. The molecule has 0 aliphatic carbocycles. The third-order valence-electron chi connectivity index (χ3n) is 3.38. The van der Waals surface area contributed by atoms with Gasteiger partial charge in [0.2, 0.25) is 0 Å². The molecule has 0 spiro atoms. The van der Waals surface area contributed by atoms with Crippen molar-refractivity contribution in [3.05, 3.63) is 18.0 Å². The molecule has 5 nitrogen and oxygen atoms in total. The molecule has 1 atom stereocenters. The molecule has 0 radical (unpaired) electrons. The molecule has 1 fully saturated rings. The Labute approximate surface area is 108 Å². The molecule has 1 aromatic heterocycles. The van der Waals surface area contributed by atoms with Gasteiger partial charge in [0.15, 0.2) is 9.84 Å². The van der Waals surface area contributed by atoms with E-state index < -0.39 is 9.84 Å². The predicted molar refractivity (Wildman–Crippen MR) is 71.0 cm³/mol. The summed E-state index contributed by atoms with van der Waals surface area (Å²) in [5.74, 6) is 0.354. The van der Waals surface area contributed by atoms with E-state index >= 15 is 0 Å². The Morgan fingerprint density at radius 3 is 3.06 bits per heavy atom. The average Bonchev–Trinajstić information content (AvgIpc) is 2.88. The van der Waals surface area contributed by atoms with E-state index in [0.29, 0.717) is 18.8 Å². The van der Waals surface area contributed by atoms with Crippen LogP contribution >= 0.6 is 0 Å². The van der Waals surface area contributed by atoms with Crippen molar-refractivity contribution in [1.29, 1.82) is 0 Å². The fourth-order valence-corrected chi connectivity index (χ4v) is 4.17. The fraction of sp³-hybridized carbons (Fsp3) is 0.750. The first-order valence-corrected chi connectivity index (χ1v) is 8.28. The second kappa shape index (κ2) is 5.84. The minimum Gasteiger partial charge on any atom is -0.310 e. The van der Waals surface area contributed by atoms with Gasteiger partial charge in [-0.05, 0) is 25.3 Å². The molecule has 1 aromatic rings. The van der Waals surface area contributed by atoms with Gasteiger partial charge in [0.1, 0.15) is 0 Å². The molecule has 1 saturated heterocycles. The highest BCUT2D eigenvalue weighted by Crippen LogP contribution is 2.19. The minimum absolute atomic E-state index is 0.194. The Balaban J connectivity index is 1.83. The first-order valence-electron chi connectivity index (χ1n) is 6.56. The van der Waals surface area contributed by atoms with Crippen molar-refractivity contribution >= 4 is 9.84 Å². The van der Waals surface area contributed by atoms with Gasteiger partial charge < -0.3 is 5.32 Å². The van der Waals surface area contributed by atoms with Crippen LogP contribution in [0.2, 0.25) is 0 Å². The van der Waals surface area contributed by atoms with E-state index in [-0.39, 0.29) is 5.25 Å². The molecular formula is C12H21N3O2S. The number of nitrogens with one attached hydrogen (secondary N) is 1. The topological polar surface area (TPSA) is 64.0 Å². The molecule has 6 heteroatoms. The summed E-state index contributed by atoms with van der Waals surface area (Å²) < 4.78 is 25.3. The molecule has 0 bridgehead atoms. The van der Waals surface area contributed by atoms with E-state index in [1.54, 1.807) is 6.20 Å². The highest BCUT2D eigenvalue weighted by atomic mass is 32.2. The van der Waals surface area contributed by atoms with Gasteiger partial charge in [-0.1, -0.05) is 6.92 Å². The molecule has 1 aliphatic heterocycles. The monoisotopic (exact) mass is 271 g/mol. The maximum absolute atomic E-state index is 11.7. The molecule has 0 saturated carbocycles. The van der Waals surface area contributed by atoms with Gasteiger partial charge >= 0.3 is 0 Å². The van der Waals surface area contributed by atoms with E-state index in [2.05, 4.69) is 17.3 Å². The Kier molecular flexibility index (Phi) is 4.40. The maximum atomic E-state index is 11.7. The van der Waals surface area contributed by atoms with E-state index in [0.717, 1.165) is 31.5 Å². The lowest BCUT2D eigenvalue weighted by molar-refractivity contribution is 0.538. The van der Waals surface area contributed by atoms with Crippen LogP contribution in [0.3, 0.4) is 0 Å². The molecule has 1 unspecified atom stereocenters. The van der Waals surface area contributed by atoms with E-state index in [9.17, 15) is 8.42 Å². The highest BCUT2D eigenvalue weighted by molar-refractivity contribution is 7.92. The third kappa shape index (κ3) is 3.11. The van der Waals surface area contributed by atoms with Gasteiger partial charge in [-0.25, -0.2) is 8.42 Å². The van der Waals surface area contributed by atoms with Gasteiger partial charge in [0.25, 0.3) is 0 Å². The number of sulfone groups is 1. The van der Waals surface area contributed by atoms with E-state index in [4.69, 9.17) is 0 Å². The van der Waals surface area contributed by atoms with Crippen molar-refractivity contribution in [3.8, 4) is 0 Å². The SMILES string of the molecule is CCCn1nccc1CNCC1CCCS1(=O)=O. The van der Waals surface area contributed by atoms with Crippen LogP contribution in [0.4, 0.5) is 0 Å². The summed E-state index contributed by atoms with van der Waals surface area (Å²) in [5, 5.41) is 7.29. The van der Waals surface area contributed by atoms with E-state index in [1.807, 2.05) is 10.7 Å². The Morgan fingerprint density at radius 2 is 2.39 bits per heavy atom. The van der Waals surface area contributed by atoms with Crippen LogP contribution < -0.4 is 5.32 Å². The Hall–Kier alpha value is -0.880. The van der Waals surface area contributed by atoms with Crippen LogP contribution in [0.15, 0.2) is 12.3 Å². The largest absolute Gasteiger partial charge is 0.310 e. The van der Waals surface area contributed by atoms with Crippen LogP contribution in [-0.2, 0) is 22.9 Å². The van der Waals surface area contributed by atoms with Crippen molar-refractivity contribution in [1.82, 2.24) is 15.1 Å². The second-order valence-corrected chi connectivity index (χ2v) is 7.21. The molecule has 0 amide bonds. The summed E-state index contributed by atoms with van der Waals surface area (Å²) in [6, 6.07) is 1.98. The van der Waals surface area contributed by atoms with Gasteiger partial charge in [0, 0.05) is 25.8 Å². The zero-order valence-corrected chi connectivity index (χ0v) is 11.6. The summed E-state index contributed by atoms with van der Waals surface area (Å²) >= 11 is 0. The van der Waals surface area contributed by atoms with Crippen LogP contribution in [-0.4, -0.2) is 35.7 Å². The van der Waals surface area contributed by atoms with Crippen molar-refractivity contribution in [3.63, 3.8) is 0 Å². The van der Waals surface area contributed by atoms with Crippen molar-refractivity contribution < 1.29 is 8.42 Å². The third-order valence-corrected chi connectivity index (χ3v) is 5.66. The van der Waals surface area contributed by atoms with Crippen LogP contribution in [0.5, 0.6) is 0 Å². The zero-order valence-electron chi connectivity index (χ0n) is 10.8. The number of nitrogens with zero attached hydrogens (tertiary/aromatic N) is 2. The molecule has 2 rings (SSSR count). The summed E-state index contributed by atoms with van der Waals surface area (Å²) in [6.07, 6.45) is 4.44.